The summed E-state index contributed by atoms with van der Waals surface area (Å²) in [5, 5.41) is 27.8. The van der Waals surface area contributed by atoms with Crippen LogP contribution in [-0.2, 0) is 9.53 Å². The van der Waals surface area contributed by atoms with E-state index in [1.165, 1.54) is 0 Å². The minimum atomic E-state index is -0.975. The van der Waals surface area contributed by atoms with Crippen molar-refractivity contribution in [1.29, 1.82) is 5.26 Å². The third kappa shape index (κ3) is 5.95. The summed E-state index contributed by atoms with van der Waals surface area (Å²) < 4.78 is 5.07. The quantitative estimate of drug-likeness (QED) is 0.557. The lowest BCUT2D eigenvalue weighted by Crippen LogP contribution is -2.52. The molecule has 1 unspecified atom stereocenters. The largest absolute Gasteiger partial charge is 0.366 e. The molecule has 1 aliphatic rings. The van der Waals surface area contributed by atoms with E-state index < -0.39 is 18.4 Å². The summed E-state index contributed by atoms with van der Waals surface area (Å²) in [5.41, 5.74) is 1.19. The fourth-order valence-electron chi connectivity index (χ4n) is 2.70. The van der Waals surface area contributed by atoms with Crippen LogP contribution in [0, 0.1) is 17.2 Å². The predicted molar refractivity (Wildman–Crippen MR) is 102 cm³/mol. The Kier molecular flexibility index (Phi) is 7.33. The van der Waals surface area contributed by atoms with E-state index in [1.54, 1.807) is 24.3 Å². The lowest BCUT2D eigenvalue weighted by molar-refractivity contribution is -0.127. The molecule has 0 aromatic heterocycles. The lowest BCUT2D eigenvalue weighted by atomic mass is 10.0. The van der Waals surface area contributed by atoms with Crippen LogP contribution in [0.3, 0.4) is 0 Å². The van der Waals surface area contributed by atoms with Crippen LogP contribution >= 0.6 is 12.2 Å². The number of nitrogens with zero attached hydrogens (tertiary/aromatic N) is 1. The molecule has 0 radical (unpaired) electrons. The first kappa shape index (κ1) is 20.1. The van der Waals surface area contributed by atoms with Gasteiger partial charge in [0, 0.05) is 5.69 Å². The fourth-order valence-corrected chi connectivity index (χ4v) is 2.96. The number of anilines is 1. The normalized spacial score (nSPS) is 20.3. The van der Waals surface area contributed by atoms with Gasteiger partial charge >= 0.3 is 0 Å². The molecule has 3 atom stereocenters. The second kappa shape index (κ2) is 9.48. The van der Waals surface area contributed by atoms with Crippen LogP contribution < -0.4 is 16.0 Å². The zero-order valence-electron chi connectivity index (χ0n) is 14.9. The highest BCUT2D eigenvalue weighted by molar-refractivity contribution is 7.80. The number of benzene rings is 1. The monoisotopic (exact) mass is 376 g/mol. The summed E-state index contributed by atoms with van der Waals surface area (Å²) in [4.78, 5) is 12.6. The van der Waals surface area contributed by atoms with Gasteiger partial charge in [0.1, 0.15) is 6.04 Å². The maximum absolute atomic E-state index is 12.6. The van der Waals surface area contributed by atoms with Crippen molar-refractivity contribution in [3.63, 3.8) is 0 Å². The van der Waals surface area contributed by atoms with Crippen molar-refractivity contribution in [1.82, 2.24) is 10.6 Å². The molecule has 26 heavy (non-hydrogen) atoms. The van der Waals surface area contributed by atoms with Gasteiger partial charge in [0.2, 0.25) is 5.91 Å². The van der Waals surface area contributed by atoms with Crippen LogP contribution in [-0.4, -0.2) is 41.1 Å². The van der Waals surface area contributed by atoms with Crippen LogP contribution in [0.2, 0.25) is 0 Å². The lowest BCUT2D eigenvalue weighted by Gasteiger charge is -2.24. The summed E-state index contributed by atoms with van der Waals surface area (Å²) in [6.45, 7) is 4.45. The molecule has 1 fully saturated rings. The van der Waals surface area contributed by atoms with E-state index in [2.05, 4.69) is 22.0 Å². The number of aliphatic hydroxyl groups excluding tert-OH is 1. The Labute approximate surface area is 158 Å². The van der Waals surface area contributed by atoms with Crippen molar-refractivity contribution in [2.24, 2.45) is 5.92 Å². The number of carbonyl (C=O) groups excluding carboxylic acids is 1. The SMILES string of the molecule is CC(C)C[C@H](NC(=S)Nc1cccc(C#N)c1)C(=O)N[C@H]1CCOC1O. The van der Waals surface area contributed by atoms with Crippen LogP contribution in [0.15, 0.2) is 24.3 Å². The molecule has 8 heteroatoms. The summed E-state index contributed by atoms with van der Waals surface area (Å²) in [6.07, 6.45) is 0.179. The second-order valence-electron chi connectivity index (χ2n) is 6.64. The topological polar surface area (TPSA) is 106 Å². The van der Waals surface area contributed by atoms with Gasteiger partial charge in [0.05, 0.1) is 24.3 Å². The molecule has 2 rings (SSSR count). The minimum absolute atomic E-state index is 0.233. The van der Waals surface area contributed by atoms with E-state index in [0.717, 1.165) is 0 Å². The van der Waals surface area contributed by atoms with Crippen molar-refractivity contribution >= 4 is 28.9 Å². The van der Waals surface area contributed by atoms with Gasteiger partial charge in [-0.1, -0.05) is 19.9 Å². The maximum atomic E-state index is 12.6. The van der Waals surface area contributed by atoms with E-state index >= 15 is 0 Å². The van der Waals surface area contributed by atoms with E-state index in [1.807, 2.05) is 13.8 Å². The van der Waals surface area contributed by atoms with Crippen LogP contribution in [0.1, 0.15) is 32.3 Å². The molecule has 0 bridgehead atoms. The number of nitriles is 1. The smallest absolute Gasteiger partial charge is 0.242 e. The Morgan fingerprint density at radius 1 is 1.50 bits per heavy atom. The number of carbonyl (C=O) groups is 1. The highest BCUT2D eigenvalue weighted by Crippen LogP contribution is 2.13. The minimum Gasteiger partial charge on any atom is -0.366 e. The molecule has 0 saturated carbocycles. The molecule has 1 aliphatic heterocycles. The number of thiocarbonyl (C=S) groups is 1. The Balaban J connectivity index is 1.98. The third-order valence-electron chi connectivity index (χ3n) is 3.97. The van der Waals surface area contributed by atoms with Crippen molar-refractivity contribution < 1.29 is 14.6 Å². The summed E-state index contributed by atoms with van der Waals surface area (Å²) in [6, 6.07) is 8.04. The van der Waals surface area contributed by atoms with E-state index in [0.29, 0.717) is 35.8 Å². The zero-order valence-corrected chi connectivity index (χ0v) is 15.7. The predicted octanol–water partition coefficient (Wildman–Crippen LogP) is 1.48. The Bertz CT molecular complexity index is 689. The summed E-state index contributed by atoms with van der Waals surface area (Å²) >= 11 is 5.31. The van der Waals surface area contributed by atoms with Crippen molar-refractivity contribution in [2.75, 3.05) is 11.9 Å². The Morgan fingerprint density at radius 2 is 2.27 bits per heavy atom. The number of aliphatic hydroxyl groups is 1. The number of rotatable bonds is 6. The van der Waals surface area contributed by atoms with Crippen molar-refractivity contribution in [3.05, 3.63) is 29.8 Å². The van der Waals surface area contributed by atoms with Gasteiger partial charge < -0.3 is 25.8 Å². The zero-order chi connectivity index (χ0) is 19.1. The molecule has 7 nitrogen and oxygen atoms in total. The average Bonchev–Trinajstić information content (AvgIpc) is 2.98. The van der Waals surface area contributed by atoms with Crippen molar-refractivity contribution in [3.8, 4) is 6.07 Å². The first-order chi connectivity index (χ1) is 12.4. The molecule has 1 heterocycles. The van der Waals surface area contributed by atoms with E-state index in [-0.39, 0.29) is 11.8 Å². The van der Waals surface area contributed by atoms with E-state index in [9.17, 15) is 9.90 Å². The first-order valence-electron chi connectivity index (χ1n) is 8.56. The van der Waals surface area contributed by atoms with Gasteiger partial charge in [-0.05, 0) is 49.2 Å². The summed E-state index contributed by atoms with van der Waals surface area (Å²) in [5.74, 6) is 0.0379. The van der Waals surface area contributed by atoms with E-state index in [4.69, 9.17) is 22.2 Å². The van der Waals surface area contributed by atoms with Crippen LogP contribution in [0.25, 0.3) is 0 Å². The number of hydrogen-bond donors (Lipinski definition) is 4. The van der Waals surface area contributed by atoms with Gasteiger partial charge in [0.25, 0.3) is 0 Å². The third-order valence-corrected chi connectivity index (χ3v) is 4.19. The Hall–Kier alpha value is -2.21. The van der Waals surface area contributed by atoms with Gasteiger partial charge in [-0.2, -0.15) is 5.26 Å². The summed E-state index contributed by atoms with van der Waals surface area (Å²) in [7, 11) is 0. The van der Waals surface area contributed by atoms with Gasteiger partial charge in [-0.3, -0.25) is 4.79 Å². The number of ether oxygens (including phenoxy) is 1. The first-order valence-corrected chi connectivity index (χ1v) is 8.97. The fraction of sp³-hybridized carbons (Fsp3) is 0.500. The van der Waals surface area contributed by atoms with Crippen LogP contribution in [0.4, 0.5) is 5.69 Å². The molecule has 140 valence electrons. The molecular formula is C18H24N4O3S. The maximum Gasteiger partial charge on any atom is 0.242 e. The van der Waals surface area contributed by atoms with Gasteiger partial charge in [-0.25, -0.2) is 0 Å². The molecular weight excluding hydrogens is 352 g/mol. The molecule has 0 spiro atoms. The Morgan fingerprint density at radius 3 is 2.88 bits per heavy atom. The molecule has 1 aromatic rings. The second-order valence-corrected chi connectivity index (χ2v) is 7.05. The number of nitrogens with one attached hydrogen (secondary N) is 3. The molecule has 1 saturated heterocycles. The van der Waals surface area contributed by atoms with Gasteiger partial charge in [-0.15, -0.1) is 0 Å². The molecule has 1 aromatic carbocycles. The highest BCUT2D eigenvalue weighted by Gasteiger charge is 2.30. The number of amides is 1. The molecule has 1 amide bonds. The van der Waals surface area contributed by atoms with Crippen molar-refractivity contribution in [2.45, 2.75) is 45.1 Å². The standard InChI is InChI=1S/C18H24N4O3S/c1-11(2)8-15(16(23)21-14-6-7-25-17(14)24)22-18(26)20-13-5-3-4-12(9-13)10-19/h3-5,9,11,14-15,17,24H,6-8H2,1-2H3,(H,21,23)(H2,20,22,26)/t14-,15-,17?/m0/s1. The van der Waals surface area contributed by atoms with Crippen LogP contribution in [0.5, 0.6) is 0 Å². The highest BCUT2D eigenvalue weighted by atomic mass is 32.1. The van der Waals surface area contributed by atoms with Gasteiger partial charge in [0.15, 0.2) is 11.4 Å². The molecule has 0 aliphatic carbocycles. The average molecular weight is 376 g/mol. The number of hydrogen-bond acceptors (Lipinski definition) is 5. The molecule has 4 N–H and O–H groups in total.